The van der Waals surface area contributed by atoms with Gasteiger partial charge in [0.2, 0.25) is 17.4 Å². The van der Waals surface area contributed by atoms with Crippen LogP contribution in [0, 0.1) is 30.2 Å². The molecule has 2 aromatic carbocycles. The Morgan fingerprint density at radius 1 is 1.11 bits per heavy atom. The van der Waals surface area contributed by atoms with Gasteiger partial charge < -0.3 is 18.9 Å². The lowest BCUT2D eigenvalue weighted by atomic mass is 10.1. The Balaban J connectivity index is 1.95. The minimum absolute atomic E-state index is 0.0469. The second-order valence-corrected chi connectivity index (χ2v) is 5.70. The SMILES string of the molecule is COc1cccc(C(=O)Oc2c(F)c(F)c(C)c(F)c2F)c1OCC1CO1. The van der Waals surface area contributed by atoms with Gasteiger partial charge in [-0.25, -0.2) is 13.6 Å². The van der Waals surface area contributed by atoms with Crippen LogP contribution < -0.4 is 14.2 Å². The molecule has 1 aliphatic rings. The van der Waals surface area contributed by atoms with Crippen molar-refractivity contribution in [3.05, 3.63) is 52.6 Å². The fourth-order valence-electron chi connectivity index (χ4n) is 2.29. The molecule has 1 heterocycles. The van der Waals surface area contributed by atoms with E-state index in [0.29, 0.717) is 6.61 Å². The molecule has 3 rings (SSSR count). The van der Waals surface area contributed by atoms with Crippen LogP contribution in [0.4, 0.5) is 17.6 Å². The number of halogens is 4. The maximum atomic E-state index is 14.0. The highest BCUT2D eigenvalue weighted by Gasteiger charge is 2.29. The first-order valence-corrected chi connectivity index (χ1v) is 7.81. The van der Waals surface area contributed by atoms with Gasteiger partial charge >= 0.3 is 5.97 Å². The Morgan fingerprint density at radius 2 is 1.74 bits per heavy atom. The predicted octanol–water partition coefficient (Wildman–Crippen LogP) is 3.56. The first kappa shape index (κ1) is 19.0. The van der Waals surface area contributed by atoms with Crippen molar-refractivity contribution < 1.29 is 41.3 Å². The largest absolute Gasteiger partial charge is 0.493 e. The summed E-state index contributed by atoms with van der Waals surface area (Å²) in [6, 6.07) is 4.16. The molecule has 0 bridgehead atoms. The summed E-state index contributed by atoms with van der Waals surface area (Å²) in [7, 11) is 1.33. The first-order valence-electron chi connectivity index (χ1n) is 7.81. The van der Waals surface area contributed by atoms with Crippen LogP contribution in [0.3, 0.4) is 0 Å². The van der Waals surface area contributed by atoms with Gasteiger partial charge in [-0.05, 0) is 19.1 Å². The summed E-state index contributed by atoms with van der Waals surface area (Å²) in [5, 5.41) is 0. The van der Waals surface area contributed by atoms with Gasteiger partial charge in [0.15, 0.2) is 23.1 Å². The van der Waals surface area contributed by atoms with Crippen LogP contribution >= 0.6 is 0 Å². The molecule has 1 fully saturated rings. The Labute approximate surface area is 151 Å². The van der Waals surface area contributed by atoms with Gasteiger partial charge in [0.25, 0.3) is 0 Å². The Hall–Kier alpha value is -2.81. The number of benzene rings is 2. The van der Waals surface area contributed by atoms with Crippen LogP contribution in [0.15, 0.2) is 18.2 Å². The van der Waals surface area contributed by atoms with E-state index in [0.717, 1.165) is 6.92 Å². The number of epoxide rings is 1. The molecule has 5 nitrogen and oxygen atoms in total. The smallest absolute Gasteiger partial charge is 0.347 e. The van der Waals surface area contributed by atoms with Crippen molar-refractivity contribution in [2.24, 2.45) is 0 Å². The highest BCUT2D eigenvalue weighted by molar-refractivity contribution is 5.95. The van der Waals surface area contributed by atoms with Crippen molar-refractivity contribution in [2.75, 3.05) is 20.3 Å². The zero-order valence-electron chi connectivity index (χ0n) is 14.3. The molecule has 2 aromatic rings. The number of hydrogen-bond donors (Lipinski definition) is 0. The number of carbonyl (C=O) groups excluding carboxylic acids is 1. The monoisotopic (exact) mass is 386 g/mol. The van der Waals surface area contributed by atoms with Crippen molar-refractivity contribution in [3.63, 3.8) is 0 Å². The van der Waals surface area contributed by atoms with Crippen LogP contribution in [-0.2, 0) is 4.74 Å². The molecule has 0 N–H and O–H groups in total. The van der Waals surface area contributed by atoms with Crippen molar-refractivity contribution >= 4 is 5.97 Å². The van der Waals surface area contributed by atoms with Crippen LogP contribution in [0.1, 0.15) is 15.9 Å². The average molecular weight is 386 g/mol. The number of carbonyl (C=O) groups is 1. The minimum Gasteiger partial charge on any atom is -0.493 e. The predicted molar refractivity (Wildman–Crippen MR) is 84.2 cm³/mol. The summed E-state index contributed by atoms with van der Waals surface area (Å²) >= 11 is 0. The third-order valence-electron chi connectivity index (χ3n) is 3.87. The molecule has 1 unspecified atom stereocenters. The summed E-state index contributed by atoms with van der Waals surface area (Å²) in [4.78, 5) is 12.4. The molecule has 1 aliphatic heterocycles. The summed E-state index contributed by atoms with van der Waals surface area (Å²) in [6.07, 6.45) is -0.144. The summed E-state index contributed by atoms with van der Waals surface area (Å²) in [5.41, 5.74) is -1.10. The van der Waals surface area contributed by atoms with E-state index in [4.69, 9.17) is 14.2 Å². The van der Waals surface area contributed by atoms with E-state index >= 15 is 0 Å². The molecule has 9 heteroatoms. The van der Waals surface area contributed by atoms with Gasteiger partial charge in [0, 0.05) is 5.56 Å². The fraction of sp³-hybridized carbons (Fsp3) is 0.278. The van der Waals surface area contributed by atoms with E-state index in [2.05, 4.69) is 4.74 Å². The van der Waals surface area contributed by atoms with E-state index in [1.54, 1.807) is 0 Å². The molecule has 1 atom stereocenters. The molecule has 144 valence electrons. The summed E-state index contributed by atoms with van der Waals surface area (Å²) in [5.74, 6) is -9.55. The molecular formula is C18H14F4O5. The number of methoxy groups -OCH3 is 1. The molecule has 0 amide bonds. The molecule has 0 saturated carbocycles. The van der Waals surface area contributed by atoms with E-state index in [-0.39, 0.29) is 29.8 Å². The number of para-hydroxylation sites is 1. The topological polar surface area (TPSA) is 57.3 Å². The maximum absolute atomic E-state index is 14.0. The molecular weight excluding hydrogens is 372 g/mol. The highest BCUT2D eigenvalue weighted by atomic mass is 19.2. The molecule has 0 aromatic heterocycles. The van der Waals surface area contributed by atoms with Crippen LogP contribution in [0.5, 0.6) is 17.2 Å². The molecule has 27 heavy (non-hydrogen) atoms. The standard InChI is InChI=1S/C18H14F4O5/c1-8-12(19)14(21)17(15(22)13(8)20)27-18(23)10-4-3-5-11(24-2)16(10)26-7-9-6-25-9/h3-5,9H,6-7H2,1-2H3. The van der Waals surface area contributed by atoms with Gasteiger partial charge in [-0.1, -0.05) is 6.07 Å². The van der Waals surface area contributed by atoms with Crippen molar-refractivity contribution in [1.29, 1.82) is 0 Å². The number of ether oxygens (including phenoxy) is 4. The lowest BCUT2D eigenvalue weighted by Gasteiger charge is -2.15. The fourth-order valence-corrected chi connectivity index (χ4v) is 2.29. The number of hydrogen-bond acceptors (Lipinski definition) is 5. The van der Waals surface area contributed by atoms with Crippen molar-refractivity contribution in [2.45, 2.75) is 13.0 Å². The van der Waals surface area contributed by atoms with Gasteiger partial charge in [0.1, 0.15) is 18.3 Å². The van der Waals surface area contributed by atoms with Gasteiger partial charge in [0.05, 0.1) is 13.7 Å². The zero-order valence-corrected chi connectivity index (χ0v) is 14.3. The zero-order chi connectivity index (χ0) is 19.7. The van der Waals surface area contributed by atoms with E-state index in [9.17, 15) is 22.4 Å². The third kappa shape index (κ3) is 3.68. The van der Waals surface area contributed by atoms with Crippen LogP contribution in [-0.4, -0.2) is 32.4 Å². The second-order valence-electron chi connectivity index (χ2n) is 5.70. The minimum atomic E-state index is -1.81. The molecule has 0 aliphatic carbocycles. The summed E-state index contributed by atoms with van der Waals surface area (Å²) < 4.78 is 75.4. The second kappa shape index (κ2) is 7.43. The van der Waals surface area contributed by atoms with Gasteiger partial charge in [-0.3, -0.25) is 0 Å². The van der Waals surface area contributed by atoms with Crippen molar-refractivity contribution in [1.82, 2.24) is 0 Å². The van der Waals surface area contributed by atoms with Gasteiger partial charge in [-0.15, -0.1) is 0 Å². The Bertz CT molecular complexity index is 867. The lowest BCUT2D eigenvalue weighted by Crippen LogP contribution is -2.16. The van der Waals surface area contributed by atoms with Crippen LogP contribution in [0.2, 0.25) is 0 Å². The Morgan fingerprint density at radius 3 is 2.30 bits per heavy atom. The van der Waals surface area contributed by atoms with E-state index in [1.165, 1.54) is 25.3 Å². The van der Waals surface area contributed by atoms with E-state index < -0.39 is 40.6 Å². The Kier molecular flexibility index (Phi) is 5.22. The first-order chi connectivity index (χ1) is 12.8. The summed E-state index contributed by atoms with van der Waals surface area (Å²) in [6.45, 7) is 1.46. The quantitative estimate of drug-likeness (QED) is 0.250. The normalized spacial score (nSPS) is 15.4. The molecule has 0 radical (unpaired) electrons. The van der Waals surface area contributed by atoms with Gasteiger partial charge in [-0.2, -0.15) is 8.78 Å². The number of rotatable bonds is 6. The van der Waals surface area contributed by atoms with Crippen LogP contribution in [0.25, 0.3) is 0 Å². The molecule has 0 spiro atoms. The van der Waals surface area contributed by atoms with E-state index in [1.807, 2.05) is 0 Å². The number of esters is 1. The van der Waals surface area contributed by atoms with Crippen molar-refractivity contribution in [3.8, 4) is 17.2 Å². The molecule has 1 saturated heterocycles. The third-order valence-corrected chi connectivity index (χ3v) is 3.87. The lowest BCUT2D eigenvalue weighted by molar-refractivity contribution is 0.0711. The highest BCUT2D eigenvalue weighted by Crippen LogP contribution is 2.34. The average Bonchev–Trinajstić information content (AvgIpc) is 3.50. The maximum Gasteiger partial charge on any atom is 0.347 e.